The highest BCUT2D eigenvalue weighted by Gasteiger charge is 2.16. The summed E-state index contributed by atoms with van der Waals surface area (Å²) in [6.07, 6.45) is 2.51. The number of benzene rings is 2. The second kappa shape index (κ2) is 10.6. The molecule has 0 saturated carbocycles. The first-order valence-electron chi connectivity index (χ1n) is 8.53. The van der Waals surface area contributed by atoms with E-state index < -0.39 is 12.0 Å². The van der Waals surface area contributed by atoms with Gasteiger partial charge in [-0.3, -0.25) is 9.59 Å². The zero-order chi connectivity index (χ0) is 19.6. The van der Waals surface area contributed by atoms with Gasteiger partial charge in [0.1, 0.15) is 11.8 Å². The third-order valence-corrected chi connectivity index (χ3v) is 4.64. The molecule has 0 radical (unpaired) electrons. The fourth-order valence-corrected chi connectivity index (χ4v) is 2.97. The van der Waals surface area contributed by atoms with Crippen LogP contribution in [-0.4, -0.2) is 42.1 Å². The number of aliphatic carboxylic acids is 1. The summed E-state index contributed by atoms with van der Waals surface area (Å²) in [5, 5.41) is 15.2. The summed E-state index contributed by atoms with van der Waals surface area (Å²) in [5.41, 5.74) is 2.09. The van der Waals surface area contributed by atoms with Crippen molar-refractivity contribution >= 4 is 29.3 Å². The van der Waals surface area contributed by atoms with Gasteiger partial charge in [-0.1, -0.05) is 12.1 Å². The molecule has 0 heterocycles. The van der Waals surface area contributed by atoms with E-state index in [9.17, 15) is 14.7 Å². The number of anilines is 1. The third-order valence-electron chi connectivity index (χ3n) is 4.00. The SMILES string of the molecule is COc1ccc(C(=O)Nc2cccc(CN[C@@H](CCSC)C(=O)O)c2)cc1. The molecule has 2 rings (SSSR count). The van der Waals surface area contributed by atoms with Crippen molar-refractivity contribution in [1.29, 1.82) is 0 Å². The summed E-state index contributed by atoms with van der Waals surface area (Å²) in [5.74, 6) is 0.398. The van der Waals surface area contributed by atoms with Crippen LogP contribution in [0.15, 0.2) is 48.5 Å². The Balaban J connectivity index is 1.97. The minimum atomic E-state index is -0.854. The summed E-state index contributed by atoms with van der Waals surface area (Å²) in [4.78, 5) is 23.7. The van der Waals surface area contributed by atoms with Crippen LogP contribution in [-0.2, 0) is 11.3 Å². The second-order valence-corrected chi connectivity index (χ2v) is 6.92. The van der Waals surface area contributed by atoms with Crippen molar-refractivity contribution in [3.63, 3.8) is 0 Å². The molecule has 3 N–H and O–H groups in total. The lowest BCUT2D eigenvalue weighted by Gasteiger charge is -2.14. The summed E-state index contributed by atoms with van der Waals surface area (Å²) >= 11 is 1.62. The normalized spacial score (nSPS) is 11.6. The summed E-state index contributed by atoms with van der Waals surface area (Å²) < 4.78 is 5.09. The molecule has 7 heteroatoms. The van der Waals surface area contributed by atoms with E-state index in [1.807, 2.05) is 24.5 Å². The average Bonchev–Trinajstić information content (AvgIpc) is 2.68. The Morgan fingerprint density at radius 1 is 1.19 bits per heavy atom. The van der Waals surface area contributed by atoms with Crippen molar-refractivity contribution in [2.75, 3.05) is 24.4 Å². The Labute approximate surface area is 163 Å². The van der Waals surface area contributed by atoms with Crippen molar-refractivity contribution < 1.29 is 19.4 Å². The fourth-order valence-electron chi connectivity index (χ4n) is 2.49. The highest BCUT2D eigenvalue weighted by molar-refractivity contribution is 7.98. The molecule has 0 bridgehead atoms. The maximum absolute atomic E-state index is 12.4. The number of hydrogen-bond acceptors (Lipinski definition) is 5. The molecule has 0 spiro atoms. The third kappa shape index (κ3) is 6.62. The van der Waals surface area contributed by atoms with E-state index in [0.29, 0.717) is 30.0 Å². The van der Waals surface area contributed by atoms with Crippen LogP contribution in [0.1, 0.15) is 22.3 Å². The molecule has 27 heavy (non-hydrogen) atoms. The van der Waals surface area contributed by atoms with Crippen molar-refractivity contribution in [2.24, 2.45) is 0 Å². The van der Waals surface area contributed by atoms with Gasteiger partial charge < -0.3 is 20.5 Å². The Bertz CT molecular complexity index is 765. The van der Waals surface area contributed by atoms with Gasteiger partial charge >= 0.3 is 5.97 Å². The average molecular weight is 388 g/mol. The highest BCUT2D eigenvalue weighted by Crippen LogP contribution is 2.15. The van der Waals surface area contributed by atoms with Crippen LogP contribution in [0, 0.1) is 0 Å². The lowest BCUT2D eigenvalue weighted by molar-refractivity contribution is -0.139. The number of carboxylic acid groups (broad SMARTS) is 1. The van der Waals surface area contributed by atoms with E-state index in [-0.39, 0.29) is 5.91 Å². The minimum absolute atomic E-state index is 0.217. The first-order valence-corrected chi connectivity index (χ1v) is 9.92. The molecule has 0 aliphatic carbocycles. The first kappa shape index (κ1) is 20.8. The van der Waals surface area contributed by atoms with Gasteiger partial charge in [0.25, 0.3) is 5.91 Å². The largest absolute Gasteiger partial charge is 0.497 e. The number of nitrogens with one attached hydrogen (secondary N) is 2. The van der Waals surface area contributed by atoms with Crippen LogP contribution in [0.2, 0.25) is 0 Å². The Hall–Kier alpha value is -2.51. The Kier molecular flexibility index (Phi) is 8.16. The quantitative estimate of drug-likeness (QED) is 0.579. The number of methoxy groups -OCH3 is 1. The van der Waals surface area contributed by atoms with Gasteiger partial charge in [0.05, 0.1) is 7.11 Å². The molecule has 0 saturated heterocycles. The van der Waals surface area contributed by atoms with Crippen LogP contribution in [0.3, 0.4) is 0 Å². The molecule has 0 fully saturated rings. The lowest BCUT2D eigenvalue weighted by Crippen LogP contribution is -2.36. The molecule has 0 aliphatic rings. The molecule has 0 aromatic heterocycles. The minimum Gasteiger partial charge on any atom is -0.497 e. The van der Waals surface area contributed by atoms with Crippen LogP contribution < -0.4 is 15.4 Å². The highest BCUT2D eigenvalue weighted by atomic mass is 32.2. The maximum Gasteiger partial charge on any atom is 0.320 e. The van der Waals surface area contributed by atoms with Gasteiger partial charge in [-0.05, 0) is 60.4 Å². The van der Waals surface area contributed by atoms with Gasteiger partial charge in [0.15, 0.2) is 0 Å². The summed E-state index contributed by atoms with van der Waals surface area (Å²) in [7, 11) is 1.57. The van der Waals surface area contributed by atoms with E-state index in [1.54, 1.807) is 49.2 Å². The van der Waals surface area contributed by atoms with Crippen LogP contribution in [0.5, 0.6) is 5.75 Å². The Morgan fingerprint density at radius 2 is 1.93 bits per heavy atom. The molecule has 144 valence electrons. The van der Waals surface area contributed by atoms with E-state index in [1.165, 1.54) is 0 Å². The number of carbonyl (C=O) groups excluding carboxylic acids is 1. The van der Waals surface area contributed by atoms with Crippen LogP contribution in [0.25, 0.3) is 0 Å². The number of ether oxygens (including phenoxy) is 1. The predicted molar refractivity (Wildman–Crippen MR) is 109 cm³/mol. The second-order valence-electron chi connectivity index (χ2n) is 5.94. The zero-order valence-electron chi connectivity index (χ0n) is 15.4. The molecule has 2 aromatic carbocycles. The number of rotatable bonds is 10. The van der Waals surface area contributed by atoms with Gasteiger partial charge in [-0.25, -0.2) is 0 Å². The Morgan fingerprint density at radius 3 is 2.56 bits per heavy atom. The van der Waals surface area contributed by atoms with Crippen molar-refractivity contribution in [3.8, 4) is 5.75 Å². The van der Waals surface area contributed by atoms with Crippen molar-refractivity contribution in [3.05, 3.63) is 59.7 Å². The van der Waals surface area contributed by atoms with E-state index >= 15 is 0 Å². The van der Waals surface area contributed by atoms with Gasteiger partial charge in [0.2, 0.25) is 0 Å². The smallest absolute Gasteiger partial charge is 0.320 e. The number of thioether (sulfide) groups is 1. The fraction of sp³-hybridized carbons (Fsp3) is 0.300. The van der Waals surface area contributed by atoms with E-state index in [2.05, 4.69) is 10.6 Å². The molecule has 0 aliphatic heterocycles. The van der Waals surface area contributed by atoms with E-state index in [0.717, 1.165) is 11.3 Å². The number of hydrogen-bond donors (Lipinski definition) is 3. The zero-order valence-corrected chi connectivity index (χ0v) is 16.2. The predicted octanol–water partition coefficient (Wildman–Crippen LogP) is 3.24. The molecule has 0 unspecified atom stereocenters. The first-order chi connectivity index (χ1) is 13.0. The molecule has 1 atom stereocenters. The monoisotopic (exact) mass is 388 g/mol. The van der Waals surface area contributed by atoms with Gasteiger partial charge in [-0.2, -0.15) is 11.8 Å². The summed E-state index contributed by atoms with van der Waals surface area (Å²) in [6, 6.07) is 13.6. The van der Waals surface area contributed by atoms with E-state index in [4.69, 9.17) is 4.74 Å². The summed E-state index contributed by atoms with van der Waals surface area (Å²) in [6.45, 7) is 0.414. The topological polar surface area (TPSA) is 87.7 Å². The number of carboxylic acids is 1. The standard InChI is InChI=1S/C20H24N2O4S/c1-26-17-8-6-15(7-9-17)19(23)22-16-5-3-4-14(12-16)13-21-18(20(24)25)10-11-27-2/h3-9,12,18,21H,10-11,13H2,1-2H3,(H,22,23)(H,24,25)/t18-/m0/s1. The van der Waals surface area contributed by atoms with Crippen LogP contribution in [0.4, 0.5) is 5.69 Å². The molecule has 6 nitrogen and oxygen atoms in total. The maximum atomic E-state index is 12.4. The molecular weight excluding hydrogens is 364 g/mol. The van der Waals surface area contributed by atoms with Gasteiger partial charge in [0, 0.05) is 17.8 Å². The molecular formula is C20H24N2O4S. The molecule has 1 amide bonds. The molecule has 2 aromatic rings. The van der Waals surface area contributed by atoms with Crippen molar-refractivity contribution in [1.82, 2.24) is 5.32 Å². The van der Waals surface area contributed by atoms with Crippen LogP contribution >= 0.6 is 11.8 Å². The lowest BCUT2D eigenvalue weighted by atomic mass is 10.1. The number of carbonyl (C=O) groups is 2. The van der Waals surface area contributed by atoms with Crippen molar-refractivity contribution in [2.45, 2.75) is 19.0 Å². The van der Waals surface area contributed by atoms with Gasteiger partial charge in [-0.15, -0.1) is 0 Å². The number of amides is 1.